The zero-order valence-corrected chi connectivity index (χ0v) is 13.4. The highest BCUT2D eigenvalue weighted by atomic mass is 16.4. The second-order valence-electron chi connectivity index (χ2n) is 6.11. The first-order chi connectivity index (χ1) is 11.1. The number of amides is 1. The molecule has 0 spiro atoms. The standard InChI is InChI=1S/C19H22N2O2/c1-15-13-21(19(22)23)12-11-20(15)14-16-7-9-18(10-8-16)17-5-3-2-4-6-17/h2-10,15H,11-14H2,1H3,(H,22,23). The molecule has 3 rings (SSSR count). The predicted molar refractivity (Wildman–Crippen MR) is 91.3 cm³/mol. The lowest BCUT2D eigenvalue weighted by Crippen LogP contribution is -2.52. The van der Waals surface area contributed by atoms with E-state index in [9.17, 15) is 4.79 Å². The summed E-state index contributed by atoms with van der Waals surface area (Å²) in [5.74, 6) is 0. The lowest BCUT2D eigenvalue weighted by atomic mass is 10.0. The van der Waals surface area contributed by atoms with Crippen molar-refractivity contribution in [1.82, 2.24) is 9.80 Å². The van der Waals surface area contributed by atoms with Crippen molar-refractivity contribution in [2.24, 2.45) is 0 Å². The normalized spacial score (nSPS) is 18.8. The van der Waals surface area contributed by atoms with Crippen LogP contribution < -0.4 is 0 Å². The first-order valence-electron chi connectivity index (χ1n) is 8.00. The summed E-state index contributed by atoms with van der Waals surface area (Å²) in [5.41, 5.74) is 3.71. The Hall–Kier alpha value is -2.33. The summed E-state index contributed by atoms with van der Waals surface area (Å²) < 4.78 is 0. The van der Waals surface area contributed by atoms with Gasteiger partial charge in [-0.2, -0.15) is 0 Å². The summed E-state index contributed by atoms with van der Waals surface area (Å²) in [6.07, 6.45) is -0.816. The molecule has 1 heterocycles. The molecule has 120 valence electrons. The Bertz CT molecular complexity index is 655. The maximum Gasteiger partial charge on any atom is 0.407 e. The van der Waals surface area contributed by atoms with Crippen LogP contribution in [0.4, 0.5) is 4.79 Å². The molecule has 4 nitrogen and oxygen atoms in total. The lowest BCUT2D eigenvalue weighted by Gasteiger charge is -2.38. The van der Waals surface area contributed by atoms with E-state index in [4.69, 9.17) is 5.11 Å². The second kappa shape index (κ2) is 6.84. The third kappa shape index (κ3) is 3.71. The van der Waals surface area contributed by atoms with E-state index >= 15 is 0 Å². The molecule has 1 atom stereocenters. The largest absolute Gasteiger partial charge is 0.465 e. The van der Waals surface area contributed by atoms with Crippen molar-refractivity contribution in [3.8, 4) is 11.1 Å². The zero-order valence-electron chi connectivity index (χ0n) is 13.4. The number of hydrogen-bond acceptors (Lipinski definition) is 2. The lowest BCUT2D eigenvalue weighted by molar-refractivity contribution is 0.0712. The molecule has 1 fully saturated rings. The van der Waals surface area contributed by atoms with Crippen LogP contribution in [0.1, 0.15) is 12.5 Å². The molecule has 1 aliphatic rings. The van der Waals surface area contributed by atoms with Crippen molar-refractivity contribution < 1.29 is 9.90 Å². The molecule has 0 aliphatic carbocycles. The molecule has 0 saturated carbocycles. The molecule has 1 N–H and O–H groups in total. The van der Waals surface area contributed by atoms with Gasteiger partial charge in [0, 0.05) is 32.2 Å². The van der Waals surface area contributed by atoms with Gasteiger partial charge in [0.2, 0.25) is 0 Å². The molecule has 23 heavy (non-hydrogen) atoms. The smallest absolute Gasteiger partial charge is 0.407 e. The maximum atomic E-state index is 11.0. The van der Waals surface area contributed by atoms with Gasteiger partial charge in [-0.25, -0.2) is 4.79 Å². The Balaban J connectivity index is 1.64. The van der Waals surface area contributed by atoms with Crippen molar-refractivity contribution in [2.75, 3.05) is 19.6 Å². The Morgan fingerprint density at radius 1 is 1.04 bits per heavy atom. The average molecular weight is 310 g/mol. The van der Waals surface area contributed by atoms with Crippen molar-refractivity contribution >= 4 is 6.09 Å². The molecule has 1 unspecified atom stereocenters. The third-order valence-corrected chi connectivity index (χ3v) is 4.48. The zero-order chi connectivity index (χ0) is 16.2. The van der Waals surface area contributed by atoms with Crippen LogP contribution in [-0.2, 0) is 6.54 Å². The Morgan fingerprint density at radius 3 is 2.30 bits per heavy atom. The molecule has 4 heteroatoms. The fourth-order valence-corrected chi connectivity index (χ4v) is 3.07. The van der Waals surface area contributed by atoms with Gasteiger partial charge in [0.25, 0.3) is 0 Å². The van der Waals surface area contributed by atoms with E-state index in [-0.39, 0.29) is 6.04 Å². The number of hydrogen-bond donors (Lipinski definition) is 1. The van der Waals surface area contributed by atoms with Crippen LogP contribution >= 0.6 is 0 Å². The van der Waals surface area contributed by atoms with Gasteiger partial charge in [-0.15, -0.1) is 0 Å². The Labute approximate surface area is 137 Å². The topological polar surface area (TPSA) is 43.8 Å². The van der Waals surface area contributed by atoms with Crippen LogP contribution in [0.2, 0.25) is 0 Å². The molecule has 2 aromatic carbocycles. The van der Waals surface area contributed by atoms with E-state index in [0.717, 1.165) is 13.1 Å². The first kappa shape index (κ1) is 15.6. The van der Waals surface area contributed by atoms with Crippen molar-refractivity contribution in [3.05, 3.63) is 60.2 Å². The molecule has 0 bridgehead atoms. The quantitative estimate of drug-likeness (QED) is 0.943. The Kier molecular flexibility index (Phi) is 4.63. The highest BCUT2D eigenvalue weighted by Crippen LogP contribution is 2.21. The summed E-state index contributed by atoms with van der Waals surface area (Å²) in [6, 6.07) is 19.2. The number of rotatable bonds is 3. The molecule has 1 amide bonds. The first-order valence-corrected chi connectivity index (χ1v) is 8.00. The fourth-order valence-electron chi connectivity index (χ4n) is 3.07. The number of nitrogens with zero attached hydrogens (tertiary/aromatic N) is 2. The minimum Gasteiger partial charge on any atom is -0.465 e. The van der Waals surface area contributed by atoms with Crippen LogP contribution in [0.25, 0.3) is 11.1 Å². The maximum absolute atomic E-state index is 11.0. The molecular weight excluding hydrogens is 288 g/mol. The van der Waals surface area contributed by atoms with Crippen molar-refractivity contribution in [2.45, 2.75) is 19.5 Å². The molecule has 0 radical (unpaired) electrons. The summed E-state index contributed by atoms with van der Waals surface area (Å²) in [4.78, 5) is 14.9. The van der Waals surface area contributed by atoms with Crippen LogP contribution in [0.3, 0.4) is 0 Å². The van der Waals surface area contributed by atoms with Gasteiger partial charge < -0.3 is 10.0 Å². The number of carboxylic acid groups (broad SMARTS) is 1. The molecule has 2 aromatic rings. The summed E-state index contributed by atoms with van der Waals surface area (Å²) in [7, 11) is 0. The fraction of sp³-hybridized carbons (Fsp3) is 0.316. The van der Waals surface area contributed by atoms with Gasteiger partial charge >= 0.3 is 6.09 Å². The third-order valence-electron chi connectivity index (χ3n) is 4.48. The minimum atomic E-state index is -0.816. The SMILES string of the molecule is CC1CN(C(=O)O)CCN1Cc1ccc(-c2ccccc2)cc1. The molecule has 1 saturated heterocycles. The van der Waals surface area contributed by atoms with Crippen LogP contribution in [0.5, 0.6) is 0 Å². The van der Waals surface area contributed by atoms with Gasteiger partial charge in [0.05, 0.1) is 0 Å². The van der Waals surface area contributed by atoms with E-state index < -0.39 is 6.09 Å². The van der Waals surface area contributed by atoms with Crippen LogP contribution in [-0.4, -0.2) is 46.7 Å². The van der Waals surface area contributed by atoms with E-state index in [1.54, 1.807) is 0 Å². The van der Waals surface area contributed by atoms with Gasteiger partial charge in [-0.3, -0.25) is 4.90 Å². The number of benzene rings is 2. The van der Waals surface area contributed by atoms with Gasteiger partial charge in [0.15, 0.2) is 0 Å². The highest BCUT2D eigenvalue weighted by Gasteiger charge is 2.26. The van der Waals surface area contributed by atoms with Gasteiger partial charge in [-0.1, -0.05) is 54.6 Å². The van der Waals surface area contributed by atoms with Crippen LogP contribution in [0.15, 0.2) is 54.6 Å². The number of piperazine rings is 1. The van der Waals surface area contributed by atoms with Crippen molar-refractivity contribution in [3.63, 3.8) is 0 Å². The summed E-state index contributed by atoms with van der Waals surface area (Å²) >= 11 is 0. The van der Waals surface area contributed by atoms with E-state index in [1.807, 2.05) is 18.2 Å². The van der Waals surface area contributed by atoms with E-state index in [2.05, 4.69) is 48.2 Å². The molecule has 0 aromatic heterocycles. The monoisotopic (exact) mass is 310 g/mol. The number of carbonyl (C=O) groups is 1. The van der Waals surface area contributed by atoms with Crippen LogP contribution in [0, 0.1) is 0 Å². The Morgan fingerprint density at radius 2 is 1.70 bits per heavy atom. The predicted octanol–water partition coefficient (Wildman–Crippen LogP) is 3.54. The summed E-state index contributed by atoms with van der Waals surface area (Å²) in [5, 5.41) is 9.08. The average Bonchev–Trinajstić information content (AvgIpc) is 2.58. The van der Waals surface area contributed by atoms with Gasteiger partial charge in [-0.05, 0) is 23.6 Å². The molecule has 1 aliphatic heterocycles. The molecular formula is C19H22N2O2. The summed E-state index contributed by atoms with van der Waals surface area (Å²) in [6.45, 7) is 4.91. The van der Waals surface area contributed by atoms with Gasteiger partial charge in [0.1, 0.15) is 0 Å². The highest BCUT2D eigenvalue weighted by molar-refractivity contribution is 5.65. The van der Waals surface area contributed by atoms with E-state index in [0.29, 0.717) is 13.1 Å². The minimum absolute atomic E-state index is 0.244. The van der Waals surface area contributed by atoms with Crippen molar-refractivity contribution in [1.29, 1.82) is 0 Å². The van der Waals surface area contributed by atoms with E-state index in [1.165, 1.54) is 21.6 Å². The second-order valence-corrected chi connectivity index (χ2v) is 6.11.